The SMILES string of the molecule is CCN1CCCC2CC(C(C)C)CCC21. The number of piperidine rings is 1. The predicted octanol–water partition coefficient (Wildman–Crippen LogP) is 3.54. The summed E-state index contributed by atoms with van der Waals surface area (Å²) >= 11 is 0. The van der Waals surface area contributed by atoms with E-state index in [2.05, 4.69) is 25.7 Å². The molecule has 1 aliphatic carbocycles. The normalized spacial score (nSPS) is 38.0. The van der Waals surface area contributed by atoms with E-state index in [0.717, 1.165) is 23.8 Å². The Hall–Kier alpha value is -0.0400. The van der Waals surface area contributed by atoms with Crippen molar-refractivity contribution in [2.75, 3.05) is 13.1 Å². The summed E-state index contributed by atoms with van der Waals surface area (Å²) < 4.78 is 0. The molecule has 0 spiro atoms. The van der Waals surface area contributed by atoms with Crippen molar-refractivity contribution in [3.63, 3.8) is 0 Å². The quantitative estimate of drug-likeness (QED) is 0.672. The summed E-state index contributed by atoms with van der Waals surface area (Å²) in [4.78, 5) is 2.74. The second-order valence-electron chi connectivity index (χ2n) is 5.92. The van der Waals surface area contributed by atoms with Gasteiger partial charge < -0.3 is 4.90 Å². The van der Waals surface area contributed by atoms with Crippen molar-refractivity contribution in [3.05, 3.63) is 0 Å². The van der Waals surface area contributed by atoms with Gasteiger partial charge in [-0.15, -0.1) is 0 Å². The molecule has 1 saturated heterocycles. The van der Waals surface area contributed by atoms with E-state index in [9.17, 15) is 0 Å². The summed E-state index contributed by atoms with van der Waals surface area (Å²) in [6, 6.07) is 0.943. The van der Waals surface area contributed by atoms with Gasteiger partial charge in [-0.05, 0) is 62.9 Å². The van der Waals surface area contributed by atoms with Crippen LogP contribution in [0.3, 0.4) is 0 Å². The van der Waals surface area contributed by atoms with Gasteiger partial charge in [0.25, 0.3) is 0 Å². The maximum absolute atomic E-state index is 2.74. The Morgan fingerprint density at radius 1 is 1.20 bits per heavy atom. The second-order valence-corrected chi connectivity index (χ2v) is 5.92. The summed E-state index contributed by atoms with van der Waals surface area (Å²) in [7, 11) is 0. The fourth-order valence-electron chi connectivity index (χ4n) is 3.80. The van der Waals surface area contributed by atoms with Crippen LogP contribution >= 0.6 is 0 Å². The number of likely N-dealkylation sites (tertiary alicyclic amines) is 1. The molecule has 0 bridgehead atoms. The largest absolute Gasteiger partial charge is 0.300 e. The molecule has 2 aliphatic rings. The Balaban J connectivity index is 1.96. The fourth-order valence-corrected chi connectivity index (χ4v) is 3.80. The van der Waals surface area contributed by atoms with Crippen LogP contribution in [0.2, 0.25) is 0 Å². The third-order valence-electron chi connectivity index (χ3n) is 4.82. The maximum atomic E-state index is 2.74. The summed E-state index contributed by atoms with van der Waals surface area (Å²) in [6.07, 6.45) is 7.42. The van der Waals surface area contributed by atoms with E-state index >= 15 is 0 Å². The van der Waals surface area contributed by atoms with Gasteiger partial charge >= 0.3 is 0 Å². The molecular weight excluding hydrogens is 182 g/mol. The monoisotopic (exact) mass is 209 g/mol. The highest BCUT2D eigenvalue weighted by molar-refractivity contribution is 4.90. The zero-order valence-electron chi connectivity index (χ0n) is 10.7. The molecule has 0 radical (unpaired) electrons. The highest BCUT2D eigenvalue weighted by Crippen LogP contribution is 2.40. The molecule has 0 amide bonds. The van der Waals surface area contributed by atoms with E-state index in [1.807, 2.05) is 0 Å². The van der Waals surface area contributed by atoms with Crippen molar-refractivity contribution in [2.45, 2.75) is 58.9 Å². The zero-order chi connectivity index (χ0) is 10.8. The summed E-state index contributed by atoms with van der Waals surface area (Å²) in [5.41, 5.74) is 0. The van der Waals surface area contributed by atoms with Crippen LogP contribution in [0.1, 0.15) is 52.9 Å². The molecule has 3 atom stereocenters. The van der Waals surface area contributed by atoms with E-state index in [1.54, 1.807) is 0 Å². The minimum absolute atomic E-state index is 0.906. The number of nitrogens with zero attached hydrogens (tertiary/aromatic N) is 1. The van der Waals surface area contributed by atoms with Crippen molar-refractivity contribution in [2.24, 2.45) is 17.8 Å². The maximum Gasteiger partial charge on any atom is 0.0124 e. The number of hydrogen-bond acceptors (Lipinski definition) is 1. The first-order chi connectivity index (χ1) is 7.22. The van der Waals surface area contributed by atoms with Gasteiger partial charge in [0.2, 0.25) is 0 Å². The third-order valence-corrected chi connectivity index (χ3v) is 4.82. The first kappa shape index (κ1) is 11.4. The van der Waals surface area contributed by atoms with Crippen LogP contribution in [0.25, 0.3) is 0 Å². The lowest BCUT2D eigenvalue weighted by Crippen LogP contribution is -2.48. The van der Waals surface area contributed by atoms with Crippen molar-refractivity contribution in [3.8, 4) is 0 Å². The molecule has 88 valence electrons. The van der Waals surface area contributed by atoms with Gasteiger partial charge in [0, 0.05) is 6.04 Å². The summed E-state index contributed by atoms with van der Waals surface area (Å²) in [5, 5.41) is 0. The van der Waals surface area contributed by atoms with E-state index in [4.69, 9.17) is 0 Å². The first-order valence-electron chi connectivity index (χ1n) is 6.96. The Labute approximate surface area is 95.2 Å². The topological polar surface area (TPSA) is 3.24 Å². The van der Waals surface area contributed by atoms with E-state index < -0.39 is 0 Å². The van der Waals surface area contributed by atoms with Crippen LogP contribution in [0.4, 0.5) is 0 Å². The van der Waals surface area contributed by atoms with E-state index in [1.165, 1.54) is 45.2 Å². The number of hydrogen-bond donors (Lipinski definition) is 0. The van der Waals surface area contributed by atoms with Crippen LogP contribution in [0.15, 0.2) is 0 Å². The molecule has 2 fully saturated rings. The Morgan fingerprint density at radius 2 is 2.00 bits per heavy atom. The summed E-state index contributed by atoms with van der Waals surface area (Å²) in [6.45, 7) is 9.78. The van der Waals surface area contributed by atoms with E-state index in [0.29, 0.717) is 0 Å². The molecule has 1 nitrogen and oxygen atoms in total. The van der Waals surface area contributed by atoms with Gasteiger partial charge in [0.15, 0.2) is 0 Å². The lowest BCUT2D eigenvalue weighted by molar-refractivity contribution is 0.0363. The molecule has 0 aromatic heterocycles. The zero-order valence-corrected chi connectivity index (χ0v) is 10.7. The van der Waals surface area contributed by atoms with Crippen molar-refractivity contribution < 1.29 is 0 Å². The molecule has 1 heterocycles. The average molecular weight is 209 g/mol. The summed E-state index contributed by atoms with van der Waals surface area (Å²) in [5.74, 6) is 2.95. The van der Waals surface area contributed by atoms with Crippen LogP contribution < -0.4 is 0 Å². The third kappa shape index (κ3) is 2.38. The molecular formula is C14H27N. The second kappa shape index (κ2) is 4.86. The van der Waals surface area contributed by atoms with Crippen LogP contribution in [0, 0.1) is 17.8 Å². The molecule has 3 unspecified atom stereocenters. The number of fused-ring (bicyclic) bond motifs is 1. The molecule has 0 aromatic rings. The highest BCUT2D eigenvalue weighted by Gasteiger charge is 2.36. The van der Waals surface area contributed by atoms with Gasteiger partial charge in [0.1, 0.15) is 0 Å². The van der Waals surface area contributed by atoms with Crippen LogP contribution in [0.5, 0.6) is 0 Å². The number of rotatable bonds is 2. The Kier molecular flexibility index (Phi) is 3.71. The van der Waals surface area contributed by atoms with Gasteiger partial charge in [-0.3, -0.25) is 0 Å². The predicted molar refractivity (Wildman–Crippen MR) is 65.9 cm³/mol. The smallest absolute Gasteiger partial charge is 0.0124 e. The molecule has 2 rings (SSSR count). The minimum Gasteiger partial charge on any atom is -0.300 e. The lowest BCUT2D eigenvalue weighted by atomic mass is 9.70. The van der Waals surface area contributed by atoms with Gasteiger partial charge in [-0.1, -0.05) is 20.8 Å². The Bertz CT molecular complexity index is 200. The lowest BCUT2D eigenvalue weighted by Gasteiger charge is -2.46. The van der Waals surface area contributed by atoms with Crippen molar-refractivity contribution in [1.82, 2.24) is 4.90 Å². The van der Waals surface area contributed by atoms with Gasteiger partial charge in [-0.25, -0.2) is 0 Å². The van der Waals surface area contributed by atoms with E-state index in [-0.39, 0.29) is 0 Å². The standard InChI is InChI=1S/C14H27N/c1-4-15-9-5-6-13-10-12(11(2)3)7-8-14(13)15/h11-14H,4-10H2,1-3H3. The van der Waals surface area contributed by atoms with Gasteiger partial charge in [0.05, 0.1) is 0 Å². The fraction of sp³-hybridized carbons (Fsp3) is 1.00. The average Bonchev–Trinajstić information content (AvgIpc) is 2.27. The molecule has 1 aliphatic heterocycles. The molecule has 0 N–H and O–H groups in total. The molecule has 1 saturated carbocycles. The highest BCUT2D eigenvalue weighted by atomic mass is 15.2. The van der Waals surface area contributed by atoms with Crippen LogP contribution in [-0.2, 0) is 0 Å². The van der Waals surface area contributed by atoms with Crippen LogP contribution in [-0.4, -0.2) is 24.0 Å². The minimum atomic E-state index is 0.906. The molecule has 15 heavy (non-hydrogen) atoms. The molecule has 0 aromatic carbocycles. The molecule has 1 heteroatoms. The van der Waals surface area contributed by atoms with Gasteiger partial charge in [-0.2, -0.15) is 0 Å². The first-order valence-corrected chi connectivity index (χ1v) is 6.96. The van der Waals surface area contributed by atoms with Crippen molar-refractivity contribution >= 4 is 0 Å². The van der Waals surface area contributed by atoms with Crippen molar-refractivity contribution in [1.29, 1.82) is 0 Å². The Morgan fingerprint density at radius 3 is 2.67 bits per heavy atom.